The molecule has 0 atom stereocenters. The Morgan fingerprint density at radius 3 is 2.77 bits per heavy atom. The van der Waals surface area contributed by atoms with Crippen molar-refractivity contribution < 1.29 is 18.7 Å². The van der Waals surface area contributed by atoms with E-state index in [1.807, 2.05) is 0 Å². The van der Waals surface area contributed by atoms with E-state index in [1.165, 1.54) is 25.7 Å². The Morgan fingerprint density at radius 1 is 1.32 bits per heavy atom. The van der Waals surface area contributed by atoms with E-state index >= 15 is 0 Å². The van der Waals surface area contributed by atoms with Crippen molar-refractivity contribution in [2.24, 2.45) is 10.9 Å². The van der Waals surface area contributed by atoms with Crippen molar-refractivity contribution >= 4 is 17.9 Å². The molecule has 1 aromatic carbocycles. The number of carbonyl (C=O) groups excluding carboxylic acids is 1. The lowest BCUT2D eigenvalue weighted by Gasteiger charge is -2.19. The first kappa shape index (κ1) is 14.8. The molecule has 1 heterocycles. The first-order valence-electron chi connectivity index (χ1n) is 7.53. The topological polar surface area (TPSA) is 47.9 Å². The zero-order valence-corrected chi connectivity index (χ0v) is 12.5. The fourth-order valence-corrected chi connectivity index (χ4v) is 2.88. The van der Waals surface area contributed by atoms with Gasteiger partial charge in [-0.3, -0.25) is 0 Å². The molecule has 22 heavy (non-hydrogen) atoms. The van der Waals surface area contributed by atoms with E-state index in [9.17, 15) is 9.18 Å². The molecule has 0 spiro atoms. The Bertz CT molecular complexity index is 645. The van der Waals surface area contributed by atoms with Crippen LogP contribution >= 0.6 is 0 Å². The fourth-order valence-electron chi connectivity index (χ4n) is 2.88. The van der Waals surface area contributed by atoms with E-state index in [2.05, 4.69) is 4.99 Å². The maximum absolute atomic E-state index is 13.7. The molecule has 2 aliphatic rings. The Kier molecular flexibility index (Phi) is 4.22. The van der Waals surface area contributed by atoms with E-state index in [-0.39, 0.29) is 17.4 Å². The van der Waals surface area contributed by atoms with Gasteiger partial charge in [0.05, 0.1) is 7.11 Å². The van der Waals surface area contributed by atoms with Crippen LogP contribution in [0.4, 0.5) is 4.39 Å². The highest BCUT2D eigenvalue weighted by molar-refractivity contribution is 6.07. The molecule has 0 saturated heterocycles. The molecule has 4 nitrogen and oxygen atoms in total. The van der Waals surface area contributed by atoms with Gasteiger partial charge in [-0.25, -0.2) is 14.2 Å². The molecule has 0 unspecified atom stereocenters. The number of ether oxygens (including phenoxy) is 2. The largest absolute Gasteiger partial charge is 0.494 e. The summed E-state index contributed by atoms with van der Waals surface area (Å²) in [5.41, 5.74) is 0.782. The van der Waals surface area contributed by atoms with Crippen molar-refractivity contribution in [2.75, 3.05) is 7.11 Å². The quantitative estimate of drug-likeness (QED) is 0.631. The monoisotopic (exact) mass is 303 g/mol. The second-order valence-corrected chi connectivity index (χ2v) is 5.60. The van der Waals surface area contributed by atoms with E-state index < -0.39 is 11.8 Å². The molecule has 3 rings (SSSR count). The first-order valence-corrected chi connectivity index (χ1v) is 7.53. The molecule has 0 radical (unpaired) electrons. The molecule has 0 aromatic heterocycles. The lowest BCUT2D eigenvalue weighted by Crippen LogP contribution is -2.19. The number of nitrogens with zero attached hydrogens (tertiary/aromatic N) is 1. The maximum atomic E-state index is 13.7. The number of aliphatic imine (C=N–C) groups is 1. The average molecular weight is 303 g/mol. The summed E-state index contributed by atoms with van der Waals surface area (Å²) in [6.45, 7) is 0. The Balaban J connectivity index is 1.82. The van der Waals surface area contributed by atoms with E-state index in [0.29, 0.717) is 11.5 Å². The highest BCUT2D eigenvalue weighted by Crippen LogP contribution is 2.29. The molecule has 1 saturated carbocycles. The number of benzene rings is 1. The zero-order valence-electron chi connectivity index (χ0n) is 12.5. The van der Waals surface area contributed by atoms with Crippen LogP contribution in [-0.2, 0) is 9.53 Å². The van der Waals surface area contributed by atoms with Gasteiger partial charge >= 0.3 is 5.97 Å². The number of hydrogen-bond donors (Lipinski definition) is 0. The number of hydrogen-bond acceptors (Lipinski definition) is 4. The van der Waals surface area contributed by atoms with Crippen LogP contribution in [0.3, 0.4) is 0 Å². The first-order chi connectivity index (χ1) is 10.7. The van der Waals surface area contributed by atoms with Crippen molar-refractivity contribution in [1.29, 1.82) is 0 Å². The summed E-state index contributed by atoms with van der Waals surface area (Å²) < 4.78 is 23.8. The lowest BCUT2D eigenvalue weighted by atomic mass is 9.89. The van der Waals surface area contributed by atoms with E-state index in [0.717, 1.165) is 25.7 Å². The molecule has 1 aliphatic carbocycles. The normalized spacial score (nSPS) is 20.9. The summed E-state index contributed by atoms with van der Waals surface area (Å²) in [7, 11) is 1.41. The average Bonchev–Trinajstić information content (AvgIpc) is 2.89. The van der Waals surface area contributed by atoms with Crippen LogP contribution in [0.25, 0.3) is 6.08 Å². The molecule has 0 amide bonds. The van der Waals surface area contributed by atoms with Gasteiger partial charge in [0, 0.05) is 5.92 Å². The number of esters is 1. The highest BCUT2D eigenvalue weighted by atomic mass is 19.1. The second kappa shape index (κ2) is 6.30. The molecular formula is C17H18FNO3. The highest BCUT2D eigenvalue weighted by Gasteiger charge is 2.30. The summed E-state index contributed by atoms with van der Waals surface area (Å²) in [6.07, 6.45) is 7.08. The summed E-state index contributed by atoms with van der Waals surface area (Å²) >= 11 is 0. The van der Waals surface area contributed by atoms with Crippen LogP contribution in [0.1, 0.15) is 37.7 Å². The van der Waals surface area contributed by atoms with E-state index in [4.69, 9.17) is 9.47 Å². The Morgan fingerprint density at radius 2 is 2.09 bits per heavy atom. The third-order valence-electron chi connectivity index (χ3n) is 4.07. The van der Waals surface area contributed by atoms with Crippen molar-refractivity contribution in [3.05, 3.63) is 35.3 Å². The SMILES string of the molecule is COc1ccc(/C=C2/N=C(C3CCCCC3)OC2=O)cc1F. The maximum Gasteiger partial charge on any atom is 0.363 e. The second-order valence-electron chi connectivity index (χ2n) is 5.60. The van der Waals surface area contributed by atoms with Gasteiger partial charge in [0.2, 0.25) is 5.90 Å². The summed E-state index contributed by atoms with van der Waals surface area (Å²) in [6, 6.07) is 4.51. The molecule has 1 fully saturated rings. The third-order valence-corrected chi connectivity index (χ3v) is 4.07. The van der Waals surface area contributed by atoms with Crippen molar-refractivity contribution in [1.82, 2.24) is 0 Å². The molecular weight excluding hydrogens is 285 g/mol. The smallest absolute Gasteiger partial charge is 0.363 e. The predicted octanol–water partition coefficient (Wildman–Crippen LogP) is 3.71. The van der Waals surface area contributed by atoms with Gasteiger partial charge in [-0.1, -0.05) is 25.3 Å². The van der Waals surface area contributed by atoms with Gasteiger partial charge in [0.15, 0.2) is 17.3 Å². The minimum absolute atomic E-state index is 0.169. The molecule has 5 heteroatoms. The van der Waals surface area contributed by atoms with Gasteiger partial charge in [0.25, 0.3) is 0 Å². The standard InChI is InChI=1S/C17H18FNO3/c1-21-15-8-7-11(9-13(15)18)10-14-17(20)22-16(19-14)12-5-3-2-4-6-12/h7-10,12H,2-6H2,1H3/b14-10+. The van der Waals surface area contributed by atoms with Gasteiger partial charge in [-0.05, 0) is 36.6 Å². The molecule has 0 N–H and O–H groups in total. The molecule has 1 aromatic rings. The van der Waals surface area contributed by atoms with Crippen molar-refractivity contribution in [2.45, 2.75) is 32.1 Å². The molecule has 1 aliphatic heterocycles. The van der Waals surface area contributed by atoms with Gasteiger partial charge < -0.3 is 9.47 Å². The van der Waals surface area contributed by atoms with Gasteiger partial charge in [0.1, 0.15) is 0 Å². The van der Waals surface area contributed by atoms with Crippen LogP contribution in [0.15, 0.2) is 28.9 Å². The van der Waals surface area contributed by atoms with Crippen LogP contribution in [-0.4, -0.2) is 19.0 Å². The van der Waals surface area contributed by atoms with Crippen LogP contribution < -0.4 is 4.74 Å². The minimum Gasteiger partial charge on any atom is -0.494 e. The number of rotatable bonds is 3. The third kappa shape index (κ3) is 3.03. The molecule has 116 valence electrons. The number of carbonyl (C=O) groups is 1. The van der Waals surface area contributed by atoms with Crippen molar-refractivity contribution in [3.63, 3.8) is 0 Å². The van der Waals surface area contributed by atoms with Gasteiger partial charge in [-0.15, -0.1) is 0 Å². The predicted molar refractivity (Wildman–Crippen MR) is 81.0 cm³/mol. The summed E-state index contributed by atoms with van der Waals surface area (Å²) in [5.74, 6) is -0.0137. The van der Waals surface area contributed by atoms with E-state index in [1.54, 1.807) is 12.1 Å². The fraction of sp³-hybridized carbons (Fsp3) is 0.412. The van der Waals surface area contributed by atoms with Crippen LogP contribution in [0, 0.1) is 11.7 Å². The lowest BCUT2D eigenvalue weighted by molar-refractivity contribution is -0.130. The Hall–Kier alpha value is -2.17. The number of methoxy groups -OCH3 is 1. The number of halogens is 1. The molecule has 0 bridgehead atoms. The summed E-state index contributed by atoms with van der Waals surface area (Å²) in [5, 5.41) is 0. The van der Waals surface area contributed by atoms with Crippen molar-refractivity contribution in [3.8, 4) is 5.75 Å². The summed E-state index contributed by atoms with van der Waals surface area (Å²) in [4.78, 5) is 16.2. The Labute approximate surface area is 128 Å². The van der Waals surface area contributed by atoms with Crippen LogP contribution in [0.2, 0.25) is 0 Å². The zero-order chi connectivity index (χ0) is 15.5. The van der Waals surface area contributed by atoms with Gasteiger partial charge in [-0.2, -0.15) is 0 Å². The van der Waals surface area contributed by atoms with Crippen LogP contribution in [0.5, 0.6) is 5.75 Å². The minimum atomic E-state index is -0.473. The number of cyclic esters (lactones) is 1.